The summed E-state index contributed by atoms with van der Waals surface area (Å²) < 4.78 is 28.8. The van der Waals surface area contributed by atoms with E-state index in [1.807, 2.05) is 157 Å². The Morgan fingerprint density at radius 2 is 0.733 bits per heavy atom. The van der Waals surface area contributed by atoms with Crippen molar-refractivity contribution in [2.75, 3.05) is 139 Å². The number of nitrogens with zero attached hydrogens (tertiary/aromatic N) is 9. The highest BCUT2D eigenvalue weighted by Gasteiger charge is 2.32. The number of nitrogens with one attached hydrogen (secondary N) is 1. The van der Waals surface area contributed by atoms with Crippen LogP contribution in [-0.4, -0.2) is 201 Å². The van der Waals surface area contributed by atoms with Crippen molar-refractivity contribution < 1.29 is 43.2 Å². The first-order chi connectivity index (χ1) is 57.1. The average Bonchev–Trinajstić information content (AvgIpc) is 1.08. The molecule has 2 N–H and O–H groups in total. The Morgan fingerprint density at radius 1 is 0.379 bits per heavy atom. The molecule has 0 aliphatic carbocycles. The Morgan fingerprint density at radius 3 is 1.14 bits per heavy atom. The van der Waals surface area contributed by atoms with Crippen molar-refractivity contribution in [2.45, 2.75) is 154 Å². The maximum Gasteiger partial charge on any atom is 0.323 e. The minimum atomic E-state index is -0.0962. The number of esters is 2. The van der Waals surface area contributed by atoms with Gasteiger partial charge in [0.05, 0.1) is 42.9 Å². The van der Waals surface area contributed by atoms with Crippen molar-refractivity contribution in [3.63, 3.8) is 0 Å². The number of carbonyl (C=O) groups is 3. The van der Waals surface area contributed by atoms with Gasteiger partial charge in [0.15, 0.2) is 17.2 Å². The topological polar surface area (TPSA) is 159 Å². The van der Waals surface area contributed by atoms with Gasteiger partial charge in [-0.25, -0.2) is 0 Å². The minimum Gasteiger partial charge on any atom is -0.465 e. The number of carbonyl (C=O) groups excluding carboxylic acids is 3. The maximum atomic E-state index is 12.4. The van der Waals surface area contributed by atoms with E-state index in [1.54, 1.807) is 0 Å². The number of aldehydes is 1. The minimum absolute atomic E-state index is 0.0382. The molecule has 4 unspecified atom stereocenters. The molecule has 0 radical (unpaired) electrons. The van der Waals surface area contributed by atoms with Gasteiger partial charge in [-0.15, -0.1) is 34.0 Å². The van der Waals surface area contributed by atoms with E-state index in [0.717, 1.165) is 241 Å². The molecule has 3 aromatic heterocycles. The molecule has 0 spiro atoms. The number of aliphatic hydroxyl groups excluding tert-OH is 1. The van der Waals surface area contributed by atoms with Crippen LogP contribution in [0.2, 0.25) is 0 Å². The van der Waals surface area contributed by atoms with Crippen LogP contribution in [0.25, 0.3) is 0 Å². The number of hydrogen-bond acceptors (Lipinski definition) is 22. The molecule has 116 heavy (non-hydrogen) atoms. The van der Waals surface area contributed by atoms with Crippen LogP contribution in [0.1, 0.15) is 120 Å². The molecular formula is C94H120N10O9S3. The fourth-order valence-corrected chi connectivity index (χ4v) is 19.8. The molecular weight excluding hydrogens is 1510 g/mol. The molecule has 16 rings (SSSR count). The third-order valence-electron chi connectivity index (χ3n) is 22.8. The van der Waals surface area contributed by atoms with E-state index in [4.69, 9.17) is 23.7 Å². The first-order valence-electron chi connectivity index (χ1n) is 42.6. The number of benzene rings is 6. The quantitative estimate of drug-likeness (QED) is 0.0369. The van der Waals surface area contributed by atoms with Crippen LogP contribution in [0.15, 0.2) is 200 Å². The fourth-order valence-electron chi connectivity index (χ4n) is 16.6. The van der Waals surface area contributed by atoms with Gasteiger partial charge in [0.1, 0.15) is 35.6 Å². The van der Waals surface area contributed by atoms with E-state index >= 15 is 0 Å². The summed E-state index contributed by atoms with van der Waals surface area (Å²) in [5.74, 6) is 5.19. The Kier molecular flexibility index (Phi) is 33.5. The summed E-state index contributed by atoms with van der Waals surface area (Å²) in [6, 6.07) is 68.9. The van der Waals surface area contributed by atoms with Crippen molar-refractivity contribution in [3.05, 3.63) is 229 Å². The van der Waals surface area contributed by atoms with Gasteiger partial charge in [-0.1, -0.05) is 117 Å². The first-order valence-corrected chi connectivity index (χ1v) is 45.0. The molecule has 6 aromatic carbocycles. The summed E-state index contributed by atoms with van der Waals surface area (Å²) in [5.41, 5.74) is 3.49. The van der Waals surface area contributed by atoms with Crippen molar-refractivity contribution in [2.24, 2.45) is 0 Å². The molecule has 19 nitrogen and oxygen atoms in total. The second-order valence-electron chi connectivity index (χ2n) is 31.0. The van der Waals surface area contributed by atoms with Gasteiger partial charge in [-0.05, 0) is 201 Å². The van der Waals surface area contributed by atoms with Crippen molar-refractivity contribution in [1.29, 1.82) is 0 Å². The smallest absolute Gasteiger partial charge is 0.323 e. The van der Waals surface area contributed by atoms with E-state index in [1.165, 1.54) is 67.1 Å². The van der Waals surface area contributed by atoms with Crippen LogP contribution >= 0.6 is 34.0 Å². The molecule has 0 saturated carbocycles. The van der Waals surface area contributed by atoms with Gasteiger partial charge < -0.3 is 53.6 Å². The van der Waals surface area contributed by atoms with Crippen molar-refractivity contribution in [1.82, 2.24) is 34.7 Å². The third-order valence-corrected chi connectivity index (χ3v) is 26.0. The fraction of sp³-hybridized carbons (Fsp3) is 0.457. The average molecular weight is 1630 g/mol. The van der Waals surface area contributed by atoms with Gasteiger partial charge >= 0.3 is 11.9 Å². The maximum absolute atomic E-state index is 12.4. The molecule has 22 heteroatoms. The highest BCUT2D eigenvalue weighted by atomic mass is 32.1. The summed E-state index contributed by atoms with van der Waals surface area (Å²) >= 11 is 5.71. The molecule has 7 fully saturated rings. The lowest BCUT2D eigenvalue weighted by atomic mass is 10.0. The van der Waals surface area contributed by atoms with E-state index in [9.17, 15) is 19.5 Å². The molecule has 0 bridgehead atoms. The van der Waals surface area contributed by atoms with Crippen LogP contribution in [-0.2, 0) is 63.1 Å². The van der Waals surface area contributed by atoms with Crippen LogP contribution in [0.5, 0.6) is 34.5 Å². The van der Waals surface area contributed by atoms with E-state index in [-0.39, 0.29) is 36.7 Å². The summed E-state index contributed by atoms with van der Waals surface area (Å²) in [6.07, 6.45) is 14.5. The second kappa shape index (κ2) is 45.5. The Hall–Kier alpha value is -8.49. The number of thiophene rings is 3. The number of anilines is 3. The van der Waals surface area contributed by atoms with Gasteiger partial charge in [-0.3, -0.25) is 39.0 Å². The Bertz CT molecular complexity index is 4370. The zero-order chi connectivity index (χ0) is 79.9. The number of aliphatic hydroxyl groups is 1. The third kappa shape index (κ3) is 25.5. The lowest BCUT2D eigenvalue weighted by Crippen LogP contribution is -2.46. The highest BCUT2D eigenvalue weighted by Crippen LogP contribution is 2.38. The molecule has 9 aromatic rings. The van der Waals surface area contributed by atoms with Crippen molar-refractivity contribution >= 4 is 69.3 Å². The number of hydrogen-bond donors (Lipinski definition) is 2. The standard InChI is InChI=1S/C30H37N3O3S.C28H35N3O2S.C28H33N3O2S.C8H15NO2/c1-2-35-30(34)28-13-8-9-17-33(28)23-26-16-15-25(37-26)22-31-18-20-32(21-19-31)27-12-6-7-14-29(27)36-24-10-4-3-5-11-24;2*32-22-23-8-6-7-15-31(23)21-26-14-13-25(34-26)20-29-16-18-30(19-17-29)27-11-4-5-12-28(27)33-24-9-2-1-3-10-24;1-2-11-8(10)7-5-3-4-6-9-7/h3-7,10-12,14-16,28H,2,8-9,13,17-23H2,1H3;1-5,9-14,23,32H,6-8,15-22H2;1-5,9-14,22-23H,6-8,15-21H2;7,9H,2-6H2,1H3. The van der Waals surface area contributed by atoms with Gasteiger partial charge in [-0.2, -0.15) is 0 Å². The number of ether oxygens (including phenoxy) is 5. The highest BCUT2D eigenvalue weighted by molar-refractivity contribution is 7.12. The summed E-state index contributed by atoms with van der Waals surface area (Å²) in [7, 11) is 0. The van der Waals surface area contributed by atoms with Gasteiger partial charge in [0.25, 0.3) is 0 Å². The van der Waals surface area contributed by atoms with Gasteiger partial charge in [0, 0.05) is 153 Å². The van der Waals surface area contributed by atoms with E-state index < -0.39 is 0 Å². The van der Waals surface area contributed by atoms with Crippen molar-refractivity contribution in [3.8, 4) is 34.5 Å². The number of piperazine rings is 3. The molecule has 7 saturated heterocycles. The zero-order valence-corrected chi connectivity index (χ0v) is 70.5. The number of rotatable bonds is 27. The van der Waals surface area contributed by atoms with Crippen LogP contribution in [0, 0.1) is 0 Å². The van der Waals surface area contributed by atoms with Gasteiger partial charge in [0.2, 0.25) is 0 Å². The molecule has 7 aliphatic rings. The Labute approximate surface area is 700 Å². The van der Waals surface area contributed by atoms with E-state index in [2.05, 4.69) is 140 Å². The lowest BCUT2D eigenvalue weighted by molar-refractivity contribution is -0.151. The molecule has 7 aliphatic heterocycles. The summed E-state index contributed by atoms with van der Waals surface area (Å²) in [4.78, 5) is 65.4. The predicted molar refractivity (Wildman–Crippen MR) is 471 cm³/mol. The molecule has 10 heterocycles. The van der Waals surface area contributed by atoms with Crippen LogP contribution < -0.4 is 34.2 Å². The monoisotopic (exact) mass is 1630 g/mol. The zero-order valence-electron chi connectivity index (χ0n) is 68.1. The molecule has 0 amide bonds. The molecule has 618 valence electrons. The number of para-hydroxylation sites is 9. The summed E-state index contributed by atoms with van der Waals surface area (Å²) in [5, 5.41) is 12.8. The Balaban J connectivity index is 0.000000142. The SMILES string of the molecule is CCOC(=O)C1CCCCN1.CCOC(=O)C1CCCCN1Cc1ccc(CN2CCN(c3ccccc3Oc3ccccc3)CC2)s1.O=CC1CCCCN1Cc1ccc(CN2CCN(c3ccccc3Oc3ccccc3)CC2)s1.OCC1CCCCN1Cc1ccc(CN2CCN(c3ccccc3Oc3ccccc3)CC2)s1. The van der Waals surface area contributed by atoms with E-state index in [0.29, 0.717) is 19.3 Å². The molecule has 4 atom stereocenters. The number of piperidine rings is 4. The predicted octanol–water partition coefficient (Wildman–Crippen LogP) is 17.1. The second-order valence-corrected chi connectivity index (χ2v) is 34.8. The lowest BCUT2D eigenvalue weighted by Gasteiger charge is -2.36. The largest absolute Gasteiger partial charge is 0.465 e. The first kappa shape index (κ1) is 85.4. The normalized spacial score (nSPS) is 20.0. The number of likely N-dealkylation sites (tertiary alicyclic amines) is 3. The summed E-state index contributed by atoms with van der Waals surface area (Å²) in [6.45, 7) is 26.8. The van der Waals surface area contributed by atoms with Crippen LogP contribution in [0.4, 0.5) is 17.1 Å². The van der Waals surface area contributed by atoms with Crippen LogP contribution in [0.3, 0.4) is 0 Å².